The van der Waals surface area contributed by atoms with Crippen LogP contribution in [0.15, 0.2) is 48.8 Å². The average molecular weight is 339 g/mol. The van der Waals surface area contributed by atoms with Gasteiger partial charge in [-0.3, -0.25) is 10.3 Å². The molecule has 2 amide bonds. The molecule has 0 aliphatic rings. The normalized spacial score (nSPS) is 10.4. The van der Waals surface area contributed by atoms with Crippen LogP contribution in [0.3, 0.4) is 0 Å². The van der Waals surface area contributed by atoms with E-state index in [1.165, 1.54) is 16.9 Å². The summed E-state index contributed by atoms with van der Waals surface area (Å²) in [6.45, 7) is 2.51. The van der Waals surface area contributed by atoms with Crippen LogP contribution in [0.4, 0.5) is 9.93 Å². The molecular formula is C17H17N5OS. The average Bonchev–Trinajstić information content (AvgIpc) is 3.05. The molecule has 0 saturated carbocycles. The van der Waals surface area contributed by atoms with Gasteiger partial charge in [-0.1, -0.05) is 47.2 Å². The molecule has 0 aliphatic heterocycles. The highest BCUT2D eigenvalue weighted by Gasteiger charge is 2.13. The molecule has 1 aromatic carbocycles. The van der Waals surface area contributed by atoms with Crippen LogP contribution in [0.2, 0.25) is 0 Å². The first-order chi connectivity index (χ1) is 11.6. The Balaban J connectivity index is 1.63. The van der Waals surface area contributed by atoms with Gasteiger partial charge in [0.15, 0.2) is 0 Å². The minimum atomic E-state index is -0.231. The number of nitrogens with zero attached hydrogens (tertiary/aromatic N) is 4. The number of urea groups is 1. The molecule has 122 valence electrons. The van der Waals surface area contributed by atoms with E-state index in [2.05, 4.69) is 20.5 Å². The summed E-state index contributed by atoms with van der Waals surface area (Å²) in [4.78, 5) is 17.9. The summed E-state index contributed by atoms with van der Waals surface area (Å²) >= 11 is 1.35. The van der Waals surface area contributed by atoms with Crippen molar-refractivity contribution in [1.29, 1.82) is 0 Å². The van der Waals surface area contributed by atoms with Crippen LogP contribution < -0.4 is 5.32 Å². The molecule has 0 bridgehead atoms. The summed E-state index contributed by atoms with van der Waals surface area (Å²) in [5, 5.41) is 12.2. The van der Waals surface area contributed by atoms with Crippen LogP contribution in [0.5, 0.6) is 0 Å². The number of hydrogen-bond acceptors (Lipinski definition) is 5. The van der Waals surface area contributed by atoms with E-state index in [1.54, 1.807) is 24.3 Å². The Morgan fingerprint density at radius 1 is 1.21 bits per heavy atom. The number of amides is 2. The van der Waals surface area contributed by atoms with Crippen LogP contribution in [0.1, 0.15) is 11.1 Å². The fourth-order valence-electron chi connectivity index (χ4n) is 2.11. The molecule has 0 fully saturated rings. The lowest BCUT2D eigenvalue weighted by Crippen LogP contribution is -2.30. The SMILES string of the molecule is Cc1ccc(-c2nnc(NC(=O)N(C)Cc3cccnc3)s2)cc1. The Bertz CT molecular complexity index is 817. The van der Waals surface area contributed by atoms with Gasteiger partial charge in [-0.05, 0) is 18.6 Å². The standard InChI is InChI=1S/C17H17N5OS/c1-12-5-7-14(8-6-12)15-20-21-16(24-15)19-17(23)22(2)11-13-4-3-9-18-10-13/h3-10H,11H2,1-2H3,(H,19,21,23). The first-order valence-corrected chi connectivity index (χ1v) is 8.25. The highest BCUT2D eigenvalue weighted by Crippen LogP contribution is 2.26. The third kappa shape index (κ3) is 3.94. The molecule has 6 nitrogen and oxygen atoms in total. The molecule has 0 saturated heterocycles. The molecule has 0 aliphatic carbocycles. The summed E-state index contributed by atoms with van der Waals surface area (Å²) in [6.07, 6.45) is 3.45. The van der Waals surface area contributed by atoms with Crippen LogP contribution in [0.25, 0.3) is 10.6 Å². The second-order valence-electron chi connectivity index (χ2n) is 5.43. The zero-order valence-electron chi connectivity index (χ0n) is 13.4. The third-order valence-electron chi connectivity index (χ3n) is 3.43. The summed E-state index contributed by atoms with van der Waals surface area (Å²) in [7, 11) is 1.73. The molecule has 0 atom stereocenters. The van der Waals surface area contributed by atoms with E-state index in [0.29, 0.717) is 11.7 Å². The van der Waals surface area contributed by atoms with E-state index < -0.39 is 0 Å². The van der Waals surface area contributed by atoms with E-state index in [0.717, 1.165) is 16.1 Å². The van der Waals surface area contributed by atoms with Crippen molar-refractivity contribution < 1.29 is 4.79 Å². The quantitative estimate of drug-likeness (QED) is 0.789. The second kappa shape index (κ2) is 7.18. The van der Waals surface area contributed by atoms with E-state index in [4.69, 9.17) is 0 Å². The highest BCUT2D eigenvalue weighted by atomic mass is 32.1. The molecule has 0 radical (unpaired) electrons. The Labute approximate surface area is 144 Å². The lowest BCUT2D eigenvalue weighted by atomic mass is 10.2. The number of carbonyl (C=O) groups excluding carboxylic acids is 1. The zero-order valence-corrected chi connectivity index (χ0v) is 14.2. The van der Waals surface area contributed by atoms with Gasteiger partial charge >= 0.3 is 6.03 Å². The molecule has 2 aromatic heterocycles. The largest absolute Gasteiger partial charge is 0.323 e. The minimum Gasteiger partial charge on any atom is -0.323 e. The first kappa shape index (κ1) is 16.1. The third-order valence-corrected chi connectivity index (χ3v) is 4.31. The van der Waals surface area contributed by atoms with Crippen LogP contribution >= 0.6 is 11.3 Å². The molecule has 1 N–H and O–H groups in total. The van der Waals surface area contributed by atoms with Crippen molar-refractivity contribution in [3.8, 4) is 10.6 Å². The smallest absolute Gasteiger partial charge is 0.323 e. The topological polar surface area (TPSA) is 71.0 Å². The van der Waals surface area contributed by atoms with Gasteiger partial charge in [0.2, 0.25) is 5.13 Å². The van der Waals surface area contributed by atoms with E-state index >= 15 is 0 Å². The lowest BCUT2D eigenvalue weighted by molar-refractivity contribution is 0.220. The Morgan fingerprint density at radius 3 is 2.71 bits per heavy atom. The van der Waals surface area contributed by atoms with Gasteiger partial charge in [-0.2, -0.15) is 0 Å². The number of aryl methyl sites for hydroxylation is 1. The molecule has 3 rings (SSSR count). The van der Waals surface area contributed by atoms with Gasteiger partial charge in [-0.15, -0.1) is 10.2 Å². The van der Waals surface area contributed by atoms with Gasteiger partial charge in [0, 0.05) is 31.5 Å². The molecule has 7 heteroatoms. The number of anilines is 1. The Kier molecular flexibility index (Phi) is 4.81. The zero-order chi connectivity index (χ0) is 16.9. The first-order valence-electron chi connectivity index (χ1n) is 7.43. The van der Waals surface area contributed by atoms with Crippen LogP contribution in [-0.2, 0) is 6.54 Å². The maximum Gasteiger partial charge on any atom is 0.323 e. The number of rotatable bonds is 4. The van der Waals surface area contributed by atoms with Gasteiger partial charge < -0.3 is 4.90 Å². The van der Waals surface area contributed by atoms with Crippen molar-refractivity contribution in [3.63, 3.8) is 0 Å². The van der Waals surface area contributed by atoms with Gasteiger partial charge in [0.25, 0.3) is 0 Å². The Hall–Kier alpha value is -2.80. The van der Waals surface area contributed by atoms with E-state index in [9.17, 15) is 4.79 Å². The number of carbonyl (C=O) groups is 1. The molecule has 0 spiro atoms. The number of aromatic nitrogens is 3. The molecule has 3 aromatic rings. The van der Waals surface area contributed by atoms with Crippen LogP contribution in [-0.4, -0.2) is 33.2 Å². The molecular weight excluding hydrogens is 322 g/mol. The van der Waals surface area contributed by atoms with E-state index in [1.807, 2.05) is 43.3 Å². The van der Waals surface area contributed by atoms with Crippen molar-refractivity contribution in [3.05, 3.63) is 59.9 Å². The van der Waals surface area contributed by atoms with Crippen molar-refractivity contribution in [1.82, 2.24) is 20.1 Å². The summed E-state index contributed by atoms with van der Waals surface area (Å²) < 4.78 is 0. The van der Waals surface area contributed by atoms with Crippen molar-refractivity contribution in [2.45, 2.75) is 13.5 Å². The van der Waals surface area contributed by atoms with Crippen molar-refractivity contribution in [2.24, 2.45) is 0 Å². The lowest BCUT2D eigenvalue weighted by Gasteiger charge is -2.16. The minimum absolute atomic E-state index is 0.231. The second-order valence-corrected chi connectivity index (χ2v) is 6.40. The van der Waals surface area contributed by atoms with E-state index in [-0.39, 0.29) is 6.03 Å². The number of nitrogens with one attached hydrogen (secondary N) is 1. The maximum atomic E-state index is 12.2. The summed E-state index contributed by atoms with van der Waals surface area (Å²) in [5.41, 5.74) is 3.14. The fraction of sp³-hybridized carbons (Fsp3) is 0.176. The maximum absolute atomic E-state index is 12.2. The predicted molar refractivity (Wildman–Crippen MR) is 94.8 cm³/mol. The monoisotopic (exact) mass is 339 g/mol. The summed E-state index contributed by atoms with van der Waals surface area (Å²) in [6, 6.07) is 11.6. The van der Waals surface area contributed by atoms with Gasteiger partial charge in [0.05, 0.1) is 0 Å². The highest BCUT2D eigenvalue weighted by molar-refractivity contribution is 7.18. The Morgan fingerprint density at radius 2 is 2.00 bits per heavy atom. The van der Waals surface area contributed by atoms with Gasteiger partial charge in [0.1, 0.15) is 5.01 Å². The van der Waals surface area contributed by atoms with Gasteiger partial charge in [-0.25, -0.2) is 4.79 Å². The van der Waals surface area contributed by atoms with Crippen molar-refractivity contribution >= 4 is 22.5 Å². The number of pyridine rings is 1. The molecule has 24 heavy (non-hydrogen) atoms. The van der Waals surface area contributed by atoms with Crippen molar-refractivity contribution in [2.75, 3.05) is 12.4 Å². The van der Waals surface area contributed by atoms with Crippen LogP contribution in [0, 0.1) is 6.92 Å². The summed E-state index contributed by atoms with van der Waals surface area (Å²) in [5.74, 6) is 0. The predicted octanol–water partition coefficient (Wildman–Crippen LogP) is 3.57. The molecule has 0 unspecified atom stereocenters. The number of hydrogen-bond donors (Lipinski definition) is 1. The number of benzene rings is 1. The molecule has 2 heterocycles. The fourth-order valence-corrected chi connectivity index (χ4v) is 2.85.